The first-order chi connectivity index (χ1) is 15.9. The predicted molar refractivity (Wildman–Crippen MR) is 141 cm³/mol. The molecule has 0 heterocycles. The van der Waals surface area contributed by atoms with E-state index in [0.29, 0.717) is 43.0 Å². The Bertz CT molecular complexity index is 920. The number of likely N-dealkylation sites (N-methyl/N-ethyl adjacent to an activating group) is 2. The molecule has 7 heteroatoms. The highest BCUT2D eigenvalue weighted by Gasteiger charge is 2.20. The molecule has 33 heavy (non-hydrogen) atoms. The third-order valence-electron chi connectivity index (χ3n) is 5.73. The Hall–Kier alpha value is -2.93. The summed E-state index contributed by atoms with van der Waals surface area (Å²) in [4.78, 5) is 31.8. The maximum atomic E-state index is 13.2. The molecule has 0 fully saturated rings. The summed E-state index contributed by atoms with van der Waals surface area (Å²) in [7, 11) is 3.83. The molecule has 0 aliphatic heterocycles. The second-order valence-electron chi connectivity index (χ2n) is 8.10. The summed E-state index contributed by atoms with van der Waals surface area (Å²) in [6.07, 6.45) is 3.15. The standard InChI is InChI=1S/C26H36N4O2S/c1-5-7-11-16-29(4)26(32)23-15-14-21(19-24(23)27-20-33)25(31)30(6-2)18-17-28(3)22-12-9-8-10-13-22/h8-10,12-15,19-20H,5-7,11,16-18H2,1-4H3,(H,27,33). The van der Waals surface area contributed by atoms with Crippen LogP contribution >= 0.6 is 12.2 Å². The fraction of sp³-hybridized carbons (Fsp3) is 0.423. The Morgan fingerprint density at radius 3 is 2.30 bits per heavy atom. The number of thiocarbonyl (C=S) groups is 1. The number of benzene rings is 2. The van der Waals surface area contributed by atoms with Crippen molar-refractivity contribution < 1.29 is 9.59 Å². The van der Waals surface area contributed by atoms with Gasteiger partial charge in [-0.15, -0.1) is 0 Å². The molecule has 0 unspecified atom stereocenters. The Kier molecular flexibility index (Phi) is 10.8. The minimum Gasteiger partial charge on any atom is -0.373 e. The van der Waals surface area contributed by atoms with Crippen LogP contribution < -0.4 is 10.2 Å². The van der Waals surface area contributed by atoms with E-state index in [2.05, 4.69) is 29.3 Å². The summed E-state index contributed by atoms with van der Waals surface area (Å²) in [5.74, 6) is -0.150. The molecule has 2 amide bonds. The molecule has 0 aromatic heterocycles. The van der Waals surface area contributed by atoms with Crippen LogP contribution in [0.2, 0.25) is 0 Å². The monoisotopic (exact) mass is 468 g/mol. The van der Waals surface area contributed by atoms with Gasteiger partial charge in [-0.25, -0.2) is 0 Å². The molecule has 0 bridgehead atoms. The van der Waals surface area contributed by atoms with Crippen LogP contribution in [0.15, 0.2) is 48.5 Å². The largest absolute Gasteiger partial charge is 0.373 e. The molecular formula is C26H36N4O2S. The van der Waals surface area contributed by atoms with Gasteiger partial charge in [0.05, 0.1) is 16.7 Å². The van der Waals surface area contributed by atoms with Crippen LogP contribution in [0.5, 0.6) is 0 Å². The van der Waals surface area contributed by atoms with E-state index in [0.717, 1.165) is 24.9 Å². The van der Waals surface area contributed by atoms with Crippen molar-refractivity contribution in [1.82, 2.24) is 9.80 Å². The highest BCUT2D eigenvalue weighted by molar-refractivity contribution is 7.79. The third-order valence-corrected chi connectivity index (χ3v) is 5.84. The number of para-hydroxylation sites is 1. The summed E-state index contributed by atoms with van der Waals surface area (Å²) in [5, 5.41) is 2.97. The molecule has 2 aromatic rings. The quantitative estimate of drug-likeness (QED) is 0.334. The SMILES string of the molecule is CCCCCN(C)C(=O)c1ccc(C(=O)N(CC)CCN(C)c2ccccc2)cc1NC=S. The molecule has 2 rings (SSSR count). The van der Waals surface area contributed by atoms with E-state index in [1.54, 1.807) is 30.1 Å². The Morgan fingerprint density at radius 2 is 1.67 bits per heavy atom. The number of nitrogens with zero attached hydrogens (tertiary/aromatic N) is 3. The van der Waals surface area contributed by atoms with E-state index in [-0.39, 0.29) is 11.8 Å². The van der Waals surface area contributed by atoms with E-state index in [1.165, 1.54) is 5.49 Å². The van der Waals surface area contributed by atoms with Crippen molar-refractivity contribution in [3.8, 4) is 0 Å². The number of hydrogen-bond acceptors (Lipinski definition) is 4. The molecule has 0 saturated heterocycles. The zero-order valence-corrected chi connectivity index (χ0v) is 21.0. The number of unbranched alkanes of at least 4 members (excludes halogenated alkanes) is 2. The van der Waals surface area contributed by atoms with Crippen molar-refractivity contribution in [2.45, 2.75) is 33.1 Å². The Balaban J connectivity index is 2.13. The van der Waals surface area contributed by atoms with Crippen molar-refractivity contribution in [1.29, 1.82) is 0 Å². The lowest BCUT2D eigenvalue weighted by atomic mass is 10.1. The molecule has 6 nitrogen and oxygen atoms in total. The molecule has 1 N–H and O–H groups in total. The normalized spacial score (nSPS) is 10.4. The molecule has 0 spiro atoms. The number of carbonyl (C=O) groups is 2. The van der Waals surface area contributed by atoms with Crippen molar-refractivity contribution in [2.75, 3.05) is 50.5 Å². The third kappa shape index (κ3) is 7.56. The van der Waals surface area contributed by atoms with Crippen molar-refractivity contribution in [3.05, 3.63) is 59.7 Å². The lowest BCUT2D eigenvalue weighted by molar-refractivity contribution is 0.0764. The maximum absolute atomic E-state index is 13.2. The molecule has 178 valence electrons. The average molecular weight is 469 g/mol. The molecular weight excluding hydrogens is 432 g/mol. The summed E-state index contributed by atoms with van der Waals surface area (Å²) >= 11 is 4.97. The van der Waals surface area contributed by atoms with Gasteiger partial charge in [0, 0.05) is 51.5 Å². The number of anilines is 2. The van der Waals surface area contributed by atoms with Crippen molar-refractivity contribution >= 4 is 40.9 Å². The lowest BCUT2D eigenvalue weighted by Crippen LogP contribution is -2.37. The second kappa shape index (κ2) is 13.6. The van der Waals surface area contributed by atoms with Crippen LogP contribution in [0.4, 0.5) is 11.4 Å². The van der Waals surface area contributed by atoms with Gasteiger partial charge in [-0.1, -0.05) is 50.2 Å². The van der Waals surface area contributed by atoms with E-state index < -0.39 is 0 Å². The molecule has 2 aromatic carbocycles. The van der Waals surface area contributed by atoms with Gasteiger partial charge in [-0.2, -0.15) is 0 Å². The zero-order valence-electron chi connectivity index (χ0n) is 20.2. The molecule has 0 saturated carbocycles. The smallest absolute Gasteiger partial charge is 0.255 e. The first-order valence-electron chi connectivity index (χ1n) is 11.6. The summed E-state index contributed by atoms with van der Waals surface area (Å²) in [6, 6.07) is 15.3. The maximum Gasteiger partial charge on any atom is 0.255 e. The van der Waals surface area contributed by atoms with Gasteiger partial charge in [0.25, 0.3) is 11.8 Å². The lowest BCUT2D eigenvalue weighted by Gasteiger charge is -2.26. The van der Waals surface area contributed by atoms with Crippen LogP contribution in [0.3, 0.4) is 0 Å². The fourth-order valence-corrected chi connectivity index (χ4v) is 3.75. The van der Waals surface area contributed by atoms with Crippen LogP contribution in [0, 0.1) is 0 Å². The van der Waals surface area contributed by atoms with Crippen molar-refractivity contribution in [2.24, 2.45) is 0 Å². The van der Waals surface area contributed by atoms with Gasteiger partial charge in [0.15, 0.2) is 0 Å². The van der Waals surface area contributed by atoms with Gasteiger partial charge in [-0.3, -0.25) is 9.59 Å². The van der Waals surface area contributed by atoms with E-state index >= 15 is 0 Å². The zero-order chi connectivity index (χ0) is 24.2. The van der Waals surface area contributed by atoms with Crippen molar-refractivity contribution in [3.63, 3.8) is 0 Å². The fourth-order valence-electron chi connectivity index (χ4n) is 3.62. The molecule has 0 radical (unpaired) electrons. The summed E-state index contributed by atoms with van der Waals surface area (Å²) < 4.78 is 0. The number of amides is 2. The van der Waals surface area contributed by atoms with Gasteiger partial charge in [0.1, 0.15) is 0 Å². The molecule has 0 atom stereocenters. The van der Waals surface area contributed by atoms with Gasteiger partial charge in [-0.05, 0) is 43.7 Å². The topological polar surface area (TPSA) is 55.9 Å². The van der Waals surface area contributed by atoms with Crippen LogP contribution in [0.1, 0.15) is 53.8 Å². The van der Waals surface area contributed by atoms with Crippen LogP contribution in [-0.2, 0) is 0 Å². The predicted octanol–water partition coefficient (Wildman–Crippen LogP) is 4.92. The minimum atomic E-state index is -0.0821. The van der Waals surface area contributed by atoms with Gasteiger partial charge >= 0.3 is 0 Å². The number of hydrogen-bond donors (Lipinski definition) is 1. The van der Waals surface area contributed by atoms with E-state index in [1.807, 2.05) is 37.1 Å². The summed E-state index contributed by atoms with van der Waals surface area (Å²) in [5.41, 5.74) is 4.08. The second-order valence-corrected chi connectivity index (χ2v) is 8.33. The Labute approximate surface area is 203 Å². The number of nitrogens with one attached hydrogen (secondary N) is 1. The van der Waals surface area contributed by atoms with Crippen LogP contribution in [-0.4, -0.2) is 67.4 Å². The first-order valence-corrected chi connectivity index (χ1v) is 12.0. The average Bonchev–Trinajstić information content (AvgIpc) is 2.84. The van der Waals surface area contributed by atoms with E-state index in [4.69, 9.17) is 12.2 Å². The number of carbonyl (C=O) groups excluding carboxylic acids is 2. The summed E-state index contributed by atoms with van der Waals surface area (Å²) in [6.45, 7) is 6.71. The Morgan fingerprint density at radius 1 is 0.939 bits per heavy atom. The highest BCUT2D eigenvalue weighted by atomic mass is 32.1. The van der Waals surface area contributed by atoms with Gasteiger partial charge in [0.2, 0.25) is 0 Å². The van der Waals surface area contributed by atoms with E-state index in [9.17, 15) is 9.59 Å². The van der Waals surface area contributed by atoms with Gasteiger partial charge < -0.3 is 20.0 Å². The minimum absolute atomic E-state index is 0.0679. The highest BCUT2D eigenvalue weighted by Crippen LogP contribution is 2.21. The molecule has 0 aliphatic carbocycles. The first kappa shape index (κ1) is 26.3. The molecule has 0 aliphatic rings. The van der Waals surface area contributed by atoms with Crippen LogP contribution in [0.25, 0.3) is 0 Å². The number of rotatable bonds is 13.